The van der Waals surface area contributed by atoms with Gasteiger partial charge in [0.05, 0.1) is 23.4 Å². The summed E-state index contributed by atoms with van der Waals surface area (Å²) in [6, 6.07) is 10.0. The second-order valence-corrected chi connectivity index (χ2v) is 8.30. The molecule has 0 unspecified atom stereocenters. The fraction of sp³-hybridized carbons (Fsp3) is 0.154. The number of methoxy groups -OCH3 is 1. The van der Waals surface area contributed by atoms with E-state index in [1.165, 1.54) is 43.6 Å². The Balaban J connectivity index is 1.78. The zero-order valence-electron chi connectivity index (χ0n) is 19.2. The van der Waals surface area contributed by atoms with E-state index < -0.39 is 11.7 Å². The highest BCUT2D eigenvalue weighted by Gasteiger charge is 2.27. The Bertz CT molecular complexity index is 1380. The zero-order valence-corrected chi connectivity index (χ0v) is 20.0. The van der Waals surface area contributed by atoms with Crippen molar-refractivity contribution in [3.63, 3.8) is 0 Å². The van der Waals surface area contributed by atoms with Crippen molar-refractivity contribution in [3.05, 3.63) is 76.2 Å². The maximum atomic E-state index is 15.3. The molecule has 0 bridgehead atoms. The topological polar surface area (TPSA) is 98.6 Å². The number of aromatic nitrogens is 1. The molecule has 0 spiro atoms. The number of anilines is 3. The summed E-state index contributed by atoms with van der Waals surface area (Å²) in [4.78, 5) is 32.4. The molecule has 2 aromatic carbocycles. The van der Waals surface area contributed by atoms with Crippen molar-refractivity contribution in [1.82, 2.24) is 9.88 Å². The predicted molar refractivity (Wildman–Crippen MR) is 136 cm³/mol. The smallest absolute Gasteiger partial charge is 0.259 e. The standard InChI is InChI=1S/C26H21ClFN5O3/c1-3-16-11-19(26(35)31-23-8-6-18(27)14-30-23)24(22(12-16)36-2)33(15-34)21-7-5-17(13-20(21)28)25(29)32-9-4-10-32/h1,5-8,11-15,29H,4,9-10H2,2H3,(H,30,31,35). The lowest BCUT2D eigenvalue weighted by Gasteiger charge is -2.33. The SMILES string of the molecule is C#Cc1cc(OC)c(N(C=O)c2ccc(C(=N)N3CCC3)cc2F)c(C(=O)Nc2ccc(Cl)cn2)c1. The van der Waals surface area contributed by atoms with E-state index in [4.69, 9.17) is 28.2 Å². The Labute approximate surface area is 212 Å². The van der Waals surface area contributed by atoms with E-state index in [1.807, 2.05) is 4.90 Å². The number of pyridine rings is 1. The number of terminal acetylenes is 1. The van der Waals surface area contributed by atoms with Gasteiger partial charge in [-0.1, -0.05) is 17.5 Å². The fourth-order valence-corrected chi connectivity index (χ4v) is 3.82. The van der Waals surface area contributed by atoms with Crippen LogP contribution in [-0.4, -0.2) is 48.2 Å². The van der Waals surface area contributed by atoms with Crippen LogP contribution in [0, 0.1) is 23.6 Å². The number of carbonyl (C=O) groups excluding carboxylic acids is 2. The normalized spacial score (nSPS) is 12.2. The summed E-state index contributed by atoms with van der Waals surface area (Å²) in [5, 5.41) is 11.3. The first-order chi connectivity index (χ1) is 17.4. The molecule has 1 aliphatic heterocycles. The van der Waals surface area contributed by atoms with Gasteiger partial charge < -0.3 is 15.0 Å². The molecule has 8 nitrogen and oxygen atoms in total. The van der Waals surface area contributed by atoms with Gasteiger partial charge in [-0.25, -0.2) is 9.37 Å². The number of benzene rings is 2. The minimum atomic E-state index is -0.751. The average molecular weight is 506 g/mol. The van der Waals surface area contributed by atoms with Gasteiger partial charge in [0.25, 0.3) is 5.91 Å². The largest absolute Gasteiger partial charge is 0.494 e. The number of hydrogen-bond acceptors (Lipinski definition) is 5. The van der Waals surface area contributed by atoms with E-state index in [-0.39, 0.29) is 34.3 Å². The maximum absolute atomic E-state index is 15.3. The van der Waals surface area contributed by atoms with Crippen molar-refractivity contribution in [3.8, 4) is 18.1 Å². The van der Waals surface area contributed by atoms with E-state index >= 15 is 4.39 Å². The first kappa shape index (κ1) is 24.7. The molecular formula is C26H21ClFN5O3. The molecule has 1 aliphatic rings. The third kappa shape index (κ3) is 4.85. The second-order valence-electron chi connectivity index (χ2n) is 7.87. The predicted octanol–water partition coefficient (Wildman–Crippen LogP) is 4.44. The van der Waals surface area contributed by atoms with Crippen molar-refractivity contribution in [2.24, 2.45) is 0 Å². The first-order valence-corrected chi connectivity index (χ1v) is 11.2. The molecule has 1 aromatic heterocycles. The van der Waals surface area contributed by atoms with E-state index in [2.05, 4.69) is 16.2 Å². The van der Waals surface area contributed by atoms with Crippen LogP contribution in [0.3, 0.4) is 0 Å². The van der Waals surface area contributed by atoms with Crippen LogP contribution in [0.4, 0.5) is 21.6 Å². The van der Waals surface area contributed by atoms with Crippen molar-refractivity contribution in [2.45, 2.75) is 6.42 Å². The number of ether oxygens (including phenoxy) is 1. The third-order valence-electron chi connectivity index (χ3n) is 5.67. The molecule has 0 saturated carbocycles. The lowest BCUT2D eigenvalue weighted by Crippen LogP contribution is -2.42. The Hall–Kier alpha value is -4.42. The minimum Gasteiger partial charge on any atom is -0.494 e. The van der Waals surface area contributed by atoms with Gasteiger partial charge in [0, 0.05) is 30.4 Å². The molecule has 36 heavy (non-hydrogen) atoms. The molecule has 1 saturated heterocycles. The summed E-state index contributed by atoms with van der Waals surface area (Å²) in [6.07, 6.45) is 8.28. The van der Waals surface area contributed by atoms with Crippen LogP contribution in [0.15, 0.2) is 48.7 Å². The summed E-state index contributed by atoms with van der Waals surface area (Å²) in [5.74, 6) is 1.54. The molecule has 3 aromatic rings. The van der Waals surface area contributed by atoms with E-state index in [9.17, 15) is 9.59 Å². The molecule has 0 atom stereocenters. The van der Waals surface area contributed by atoms with Gasteiger partial charge in [-0.15, -0.1) is 6.42 Å². The molecular weight excluding hydrogens is 485 g/mol. The van der Waals surface area contributed by atoms with E-state index in [1.54, 1.807) is 12.1 Å². The van der Waals surface area contributed by atoms with Crippen molar-refractivity contribution >= 4 is 46.9 Å². The zero-order chi connectivity index (χ0) is 25.8. The number of nitrogens with zero attached hydrogens (tertiary/aromatic N) is 3. The van der Waals surface area contributed by atoms with Gasteiger partial charge in [-0.05, 0) is 48.9 Å². The number of amidine groups is 1. The second kappa shape index (κ2) is 10.5. The van der Waals surface area contributed by atoms with Gasteiger partial charge in [-0.3, -0.25) is 19.9 Å². The molecule has 2 heterocycles. The highest BCUT2D eigenvalue weighted by molar-refractivity contribution is 6.30. The summed E-state index contributed by atoms with van der Waals surface area (Å²) in [5.41, 5.74) is 0.513. The first-order valence-electron chi connectivity index (χ1n) is 10.9. The van der Waals surface area contributed by atoms with Crippen LogP contribution in [0.2, 0.25) is 5.02 Å². The van der Waals surface area contributed by atoms with Crippen LogP contribution in [0.5, 0.6) is 5.75 Å². The lowest BCUT2D eigenvalue weighted by molar-refractivity contribution is -0.106. The number of halogens is 2. The summed E-state index contributed by atoms with van der Waals surface area (Å²) >= 11 is 5.86. The summed E-state index contributed by atoms with van der Waals surface area (Å²) in [7, 11) is 1.35. The van der Waals surface area contributed by atoms with E-state index in [0.29, 0.717) is 22.6 Å². The van der Waals surface area contributed by atoms with Crippen molar-refractivity contribution < 1.29 is 18.7 Å². The molecule has 2 N–H and O–H groups in total. The molecule has 182 valence electrons. The molecule has 0 aliphatic carbocycles. The maximum Gasteiger partial charge on any atom is 0.259 e. The number of rotatable bonds is 7. The Morgan fingerprint density at radius 1 is 1.31 bits per heavy atom. The van der Waals surface area contributed by atoms with Gasteiger partial charge in [0.2, 0.25) is 6.41 Å². The molecule has 10 heteroatoms. The van der Waals surface area contributed by atoms with Crippen LogP contribution in [0.25, 0.3) is 0 Å². The third-order valence-corrected chi connectivity index (χ3v) is 5.90. The van der Waals surface area contributed by atoms with Crippen LogP contribution in [0.1, 0.15) is 27.9 Å². The number of hydrogen-bond donors (Lipinski definition) is 2. The molecule has 4 rings (SSSR count). The quantitative estimate of drug-likeness (QED) is 0.214. The number of likely N-dealkylation sites (tertiary alicyclic amines) is 1. The Morgan fingerprint density at radius 2 is 2.08 bits per heavy atom. The molecule has 2 amide bonds. The average Bonchev–Trinajstić information content (AvgIpc) is 2.85. The van der Waals surface area contributed by atoms with Crippen molar-refractivity contribution in [2.75, 3.05) is 30.4 Å². The monoisotopic (exact) mass is 505 g/mol. The highest BCUT2D eigenvalue weighted by Crippen LogP contribution is 2.39. The molecule has 1 fully saturated rings. The van der Waals surface area contributed by atoms with Gasteiger partial charge in [0.1, 0.15) is 28.9 Å². The van der Waals surface area contributed by atoms with Gasteiger partial charge in [-0.2, -0.15) is 0 Å². The summed E-state index contributed by atoms with van der Waals surface area (Å²) in [6.45, 7) is 1.48. The summed E-state index contributed by atoms with van der Waals surface area (Å²) < 4.78 is 20.7. The van der Waals surface area contributed by atoms with Crippen LogP contribution < -0.4 is 15.0 Å². The van der Waals surface area contributed by atoms with Crippen LogP contribution >= 0.6 is 11.6 Å². The van der Waals surface area contributed by atoms with Crippen molar-refractivity contribution in [1.29, 1.82) is 5.41 Å². The number of amides is 2. The Kier molecular flexibility index (Phi) is 7.17. The number of nitrogens with one attached hydrogen (secondary N) is 2. The Morgan fingerprint density at radius 3 is 2.64 bits per heavy atom. The number of carbonyl (C=O) groups is 2. The van der Waals surface area contributed by atoms with Gasteiger partial charge >= 0.3 is 0 Å². The highest BCUT2D eigenvalue weighted by atomic mass is 35.5. The minimum absolute atomic E-state index is 0.0116. The molecule has 0 radical (unpaired) electrons. The lowest BCUT2D eigenvalue weighted by atomic mass is 10.0. The van der Waals surface area contributed by atoms with E-state index in [0.717, 1.165) is 24.4 Å². The fourth-order valence-electron chi connectivity index (χ4n) is 3.70. The van der Waals surface area contributed by atoms with Gasteiger partial charge in [0.15, 0.2) is 0 Å². The van der Waals surface area contributed by atoms with Crippen LogP contribution in [-0.2, 0) is 4.79 Å².